The molecule has 1 aromatic rings. The minimum Gasteiger partial charge on any atom is -0.465 e. The molecule has 0 heterocycles. The molecule has 0 aromatic heterocycles. The van der Waals surface area contributed by atoms with E-state index in [1.165, 1.54) is 12.7 Å². The van der Waals surface area contributed by atoms with Crippen LogP contribution in [-0.2, 0) is 4.74 Å². The minimum atomic E-state index is -0.330. The van der Waals surface area contributed by atoms with Gasteiger partial charge >= 0.3 is 5.97 Å². The van der Waals surface area contributed by atoms with E-state index in [0.29, 0.717) is 5.56 Å². The lowest BCUT2D eigenvalue weighted by Gasteiger charge is -1.97. The van der Waals surface area contributed by atoms with Crippen molar-refractivity contribution < 1.29 is 9.53 Å². The van der Waals surface area contributed by atoms with E-state index < -0.39 is 0 Å². The second kappa shape index (κ2) is 5.77. The Morgan fingerprint density at radius 1 is 1.25 bits per heavy atom. The molecule has 0 fully saturated rings. The van der Waals surface area contributed by atoms with Gasteiger partial charge in [0.1, 0.15) is 0 Å². The second-order valence-corrected chi connectivity index (χ2v) is 3.56. The molecular formula is C14H14O2. The number of carbonyl (C=O) groups is 1. The van der Waals surface area contributed by atoms with Gasteiger partial charge in [-0.3, -0.25) is 0 Å². The number of esters is 1. The van der Waals surface area contributed by atoms with Gasteiger partial charge < -0.3 is 4.74 Å². The zero-order valence-corrected chi connectivity index (χ0v) is 9.70. The highest BCUT2D eigenvalue weighted by Crippen LogP contribution is 2.04. The monoisotopic (exact) mass is 214 g/mol. The average Bonchev–Trinajstić information content (AvgIpc) is 2.28. The molecule has 0 N–H and O–H groups in total. The van der Waals surface area contributed by atoms with Crippen molar-refractivity contribution >= 4 is 5.97 Å². The number of benzene rings is 1. The topological polar surface area (TPSA) is 26.3 Å². The Morgan fingerprint density at radius 2 is 1.88 bits per heavy atom. The molecule has 16 heavy (non-hydrogen) atoms. The number of hydrogen-bond donors (Lipinski definition) is 0. The molecule has 0 unspecified atom stereocenters. The molecule has 0 atom stereocenters. The standard InChI is InChI=1S/C14H14O2/c1-11(2)5-4-6-12-7-9-13(10-8-12)14(15)16-3/h5,7-10H,1-3H3. The Labute approximate surface area is 95.9 Å². The number of hydrogen-bond acceptors (Lipinski definition) is 2. The number of rotatable bonds is 1. The molecule has 0 bridgehead atoms. The molecule has 0 spiro atoms. The molecule has 0 amide bonds. The van der Waals surface area contributed by atoms with E-state index in [1.807, 2.05) is 19.9 Å². The lowest BCUT2D eigenvalue weighted by atomic mass is 10.1. The summed E-state index contributed by atoms with van der Waals surface area (Å²) in [5, 5.41) is 0. The van der Waals surface area contributed by atoms with Crippen molar-refractivity contribution in [1.29, 1.82) is 0 Å². The van der Waals surface area contributed by atoms with Crippen molar-refractivity contribution in [3.05, 3.63) is 47.0 Å². The van der Waals surface area contributed by atoms with Crippen LogP contribution in [0.1, 0.15) is 29.8 Å². The maximum atomic E-state index is 11.2. The average molecular weight is 214 g/mol. The first-order valence-electron chi connectivity index (χ1n) is 4.97. The highest BCUT2D eigenvalue weighted by molar-refractivity contribution is 5.89. The molecular weight excluding hydrogens is 200 g/mol. The van der Waals surface area contributed by atoms with Crippen LogP contribution in [-0.4, -0.2) is 13.1 Å². The van der Waals surface area contributed by atoms with Gasteiger partial charge in [0.25, 0.3) is 0 Å². The highest BCUT2D eigenvalue weighted by atomic mass is 16.5. The zero-order chi connectivity index (χ0) is 12.0. The Bertz CT molecular complexity index is 452. The maximum absolute atomic E-state index is 11.2. The normalized spacial score (nSPS) is 8.69. The summed E-state index contributed by atoms with van der Waals surface area (Å²) >= 11 is 0. The Kier molecular flexibility index (Phi) is 4.35. The Hall–Kier alpha value is -2.01. The lowest BCUT2D eigenvalue weighted by molar-refractivity contribution is 0.0601. The molecule has 0 aliphatic heterocycles. The molecule has 2 heteroatoms. The summed E-state index contributed by atoms with van der Waals surface area (Å²) in [4.78, 5) is 11.2. The van der Waals surface area contributed by atoms with Crippen LogP contribution >= 0.6 is 0 Å². The lowest BCUT2D eigenvalue weighted by Crippen LogP contribution is -2.00. The third kappa shape index (κ3) is 3.62. The number of methoxy groups -OCH3 is 1. The fourth-order valence-electron chi connectivity index (χ4n) is 1.07. The van der Waals surface area contributed by atoms with Crippen LogP contribution in [0.5, 0.6) is 0 Å². The summed E-state index contributed by atoms with van der Waals surface area (Å²) < 4.78 is 4.60. The van der Waals surface area contributed by atoms with Gasteiger partial charge in [0.05, 0.1) is 12.7 Å². The third-order valence-corrected chi connectivity index (χ3v) is 1.88. The SMILES string of the molecule is COC(=O)c1ccc(C#CC=C(C)C)cc1. The van der Waals surface area contributed by atoms with Crippen LogP contribution in [0.15, 0.2) is 35.9 Å². The summed E-state index contributed by atoms with van der Waals surface area (Å²) in [5.74, 6) is 5.59. The molecule has 0 aliphatic rings. The fourth-order valence-corrected chi connectivity index (χ4v) is 1.07. The van der Waals surface area contributed by atoms with Crippen LogP contribution in [0.25, 0.3) is 0 Å². The van der Waals surface area contributed by atoms with Gasteiger partial charge in [-0.2, -0.15) is 0 Å². The molecule has 0 radical (unpaired) electrons. The van der Waals surface area contributed by atoms with E-state index in [0.717, 1.165) is 5.56 Å². The Balaban J connectivity index is 2.82. The summed E-state index contributed by atoms with van der Waals surface area (Å²) in [6.45, 7) is 3.99. The maximum Gasteiger partial charge on any atom is 0.337 e. The number of allylic oxidation sites excluding steroid dienone is 2. The Morgan fingerprint density at radius 3 is 2.38 bits per heavy atom. The first-order chi connectivity index (χ1) is 7.63. The van der Waals surface area contributed by atoms with Crippen LogP contribution in [0.4, 0.5) is 0 Å². The summed E-state index contributed by atoms with van der Waals surface area (Å²) in [5.41, 5.74) is 2.58. The summed E-state index contributed by atoms with van der Waals surface area (Å²) in [6.07, 6.45) is 1.86. The van der Waals surface area contributed by atoms with Crippen LogP contribution in [0, 0.1) is 11.8 Å². The van der Waals surface area contributed by atoms with Gasteiger partial charge in [-0.25, -0.2) is 4.79 Å². The van der Waals surface area contributed by atoms with Gasteiger partial charge in [0.2, 0.25) is 0 Å². The first kappa shape index (κ1) is 12.1. The molecule has 0 aliphatic carbocycles. The van der Waals surface area contributed by atoms with Crippen LogP contribution < -0.4 is 0 Å². The van der Waals surface area contributed by atoms with E-state index in [9.17, 15) is 4.79 Å². The quantitative estimate of drug-likeness (QED) is 0.530. The van der Waals surface area contributed by atoms with Crippen molar-refractivity contribution in [2.24, 2.45) is 0 Å². The van der Waals surface area contributed by atoms with E-state index in [4.69, 9.17) is 0 Å². The number of ether oxygens (including phenoxy) is 1. The van der Waals surface area contributed by atoms with E-state index in [-0.39, 0.29) is 5.97 Å². The van der Waals surface area contributed by atoms with E-state index in [2.05, 4.69) is 16.6 Å². The zero-order valence-electron chi connectivity index (χ0n) is 9.70. The highest BCUT2D eigenvalue weighted by Gasteiger charge is 2.02. The van der Waals surface area contributed by atoms with E-state index in [1.54, 1.807) is 24.3 Å². The first-order valence-corrected chi connectivity index (χ1v) is 4.97. The smallest absolute Gasteiger partial charge is 0.337 e. The largest absolute Gasteiger partial charge is 0.465 e. The van der Waals surface area contributed by atoms with Gasteiger partial charge in [0.15, 0.2) is 0 Å². The second-order valence-electron chi connectivity index (χ2n) is 3.56. The molecule has 0 saturated carbocycles. The predicted octanol–water partition coefficient (Wildman–Crippen LogP) is 2.79. The van der Waals surface area contributed by atoms with Gasteiger partial charge in [-0.1, -0.05) is 17.4 Å². The van der Waals surface area contributed by atoms with Gasteiger partial charge in [-0.15, -0.1) is 0 Å². The van der Waals surface area contributed by atoms with Crippen molar-refractivity contribution in [1.82, 2.24) is 0 Å². The fraction of sp³-hybridized carbons (Fsp3) is 0.214. The summed E-state index contributed by atoms with van der Waals surface area (Å²) in [6, 6.07) is 7.02. The predicted molar refractivity (Wildman–Crippen MR) is 64.1 cm³/mol. The molecule has 82 valence electrons. The van der Waals surface area contributed by atoms with Crippen LogP contribution in [0.3, 0.4) is 0 Å². The van der Waals surface area contributed by atoms with Crippen molar-refractivity contribution in [3.63, 3.8) is 0 Å². The van der Waals surface area contributed by atoms with Gasteiger partial charge in [-0.05, 0) is 44.2 Å². The van der Waals surface area contributed by atoms with Crippen molar-refractivity contribution in [2.45, 2.75) is 13.8 Å². The third-order valence-electron chi connectivity index (χ3n) is 1.88. The van der Waals surface area contributed by atoms with E-state index >= 15 is 0 Å². The molecule has 1 aromatic carbocycles. The minimum absolute atomic E-state index is 0.330. The van der Waals surface area contributed by atoms with Crippen LogP contribution in [0.2, 0.25) is 0 Å². The molecule has 2 nitrogen and oxygen atoms in total. The molecule has 1 rings (SSSR count). The van der Waals surface area contributed by atoms with Crippen molar-refractivity contribution in [2.75, 3.05) is 7.11 Å². The van der Waals surface area contributed by atoms with Crippen molar-refractivity contribution in [3.8, 4) is 11.8 Å². The van der Waals surface area contributed by atoms with Gasteiger partial charge in [0, 0.05) is 5.56 Å². The number of carbonyl (C=O) groups excluding carboxylic acids is 1. The molecule has 0 saturated heterocycles. The summed E-state index contributed by atoms with van der Waals surface area (Å²) in [7, 11) is 1.37.